The van der Waals surface area contributed by atoms with E-state index in [1.807, 2.05) is 12.3 Å². The normalized spacial score (nSPS) is 18.7. The third-order valence-electron chi connectivity index (χ3n) is 3.50. The lowest BCUT2D eigenvalue weighted by molar-refractivity contribution is -0.145. The molecule has 5 nitrogen and oxygen atoms in total. The van der Waals surface area contributed by atoms with E-state index in [9.17, 15) is 9.59 Å². The lowest BCUT2D eigenvalue weighted by atomic mass is 9.98. The van der Waals surface area contributed by atoms with Gasteiger partial charge in [0, 0.05) is 36.4 Å². The van der Waals surface area contributed by atoms with Crippen molar-refractivity contribution in [1.29, 1.82) is 0 Å². The number of nitrogens with zero attached hydrogens (tertiary/aromatic N) is 2. The van der Waals surface area contributed by atoms with E-state index < -0.39 is 11.9 Å². The summed E-state index contributed by atoms with van der Waals surface area (Å²) < 4.78 is 0. The number of aliphatic carboxylic acids is 1. The Morgan fingerprint density at radius 1 is 1.57 bits per heavy atom. The van der Waals surface area contributed by atoms with Gasteiger partial charge in [0.1, 0.15) is 0 Å². The first-order valence-corrected chi connectivity index (χ1v) is 9.09. The fraction of sp³-hybridized carbons (Fsp3) is 0.643. The van der Waals surface area contributed by atoms with Crippen molar-refractivity contribution in [2.24, 2.45) is 5.92 Å². The average Bonchev–Trinajstić information content (AvgIpc) is 2.89. The molecular weight excluding hydrogens is 308 g/mol. The minimum absolute atomic E-state index is 0.0721. The largest absolute Gasteiger partial charge is 0.481 e. The molecule has 21 heavy (non-hydrogen) atoms. The maximum atomic E-state index is 12.1. The molecule has 116 valence electrons. The molecule has 0 spiro atoms. The summed E-state index contributed by atoms with van der Waals surface area (Å²) in [5.41, 5.74) is 1.07. The Morgan fingerprint density at radius 3 is 3.05 bits per heavy atom. The zero-order valence-corrected chi connectivity index (χ0v) is 13.7. The van der Waals surface area contributed by atoms with Gasteiger partial charge in [0.15, 0.2) is 0 Å². The fourth-order valence-corrected chi connectivity index (χ4v) is 3.91. The Hall–Kier alpha value is -1.08. The van der Waals surface area contributed by atoms with E-state index in [2.05, 4.69) is 4.98 Å². The number of amides is 1. The second-order valence-corrected chi connectivity index (χ2v) is 7.34. The van der Waals surface area contributed by atoms with E-state index >= 15 is 0 Å². The number of aryl methyl sites for hydroxylation is 1. The van der Waals surface area contributed by atoms with Gasteiger partial charge in [0.25, 0.3) is 0 Å². The first-order valence-electron chi connectivity index (χ1n) is 7.05. The minimum Gasteiger partial charge on any atom is -0.481 e. The van der Waals surface area contributed by atoms with Crippen molar-refractivity contribution >= 4 is 35.0 Å². The van der Waals surface area contributed by atoms with Crippen LogP contribution >= 0.6 is 23.1 Å². The molecule has 1 atom stereocenters. The van der Waals surface area contributed by atoms with Crippen LogP contribution in [-0.4, -0.2) is 45.7 Å². The summed E-state index contributed by atoms with van der Waals surface area (Å²) in [7, 11) is 0. The zero-order chi connectivity index (χ0) is 15.2. The van der Waals surface area contributed by atoms with E-state index in [1.54, 1.807) is 28.0 Å². The molecule has 7 heteroatoms. The Labute approximate surface area is 132 Å². The predicted octanol–water partition coefficient (Wildman–Crippen LogP) is 2.40. The van der Waals surface area contributed by atoms with Gasteiger partial charge in [-0.15, -0.1) is 11.3 Å². The van der Waals surface area contributed by atoms with E-state index in [0.717, 1.165) is 28.6 Å². The van der Waals surface area contributed by atoms with Crippen molar-refractivity contribution in [1.82, 2.24) is 9.88 Å². The molecule has 1 aliphatic rings. The van der Waals surface area contributed by atoms with Gasteiger partial charge in [0.05, 0.1) is 16.6 Å². The summed E-state index contributed by atoms with van der Waals surface area (Å²) in [5.74, 6) is 0.468. The number of carboxylic acid groups (broad SMARTS) is 1. The number of carboxylic acids is 1. The Balaban J connectivity index is 1.68. The van der Waals surface area contributed by atoms with Crippen molar-refractivity contribution in [2.75, 3.05) is 18.8 Å². The molecule has 2 heterocycles. The summed E-state index contributed by atoms with van der Waals surface area (Å²) in [5, 5.41) is 12.1. The van der Waals surface area contributed by atoms with Crippen LogP contribution in [0.2, 0.25) is 0 Å². The van der Waals surface area contributed by atoms with Crippen LogP contribution in [0.15, 0.2) is 5.38 Å². The molecule has 0 radical (unpaired) electrons. The highest BCUT2D eigenvalue weighted by molar-refractivity contribution is 7.98. The van der Waals surface area contributed by atoms with E-state index in [0.29, 0.717) is 25.9 Å². The number of aromatic nitrogens is 1. The molecule has 1 amide bonds. The van der Waals surface area contributed by atoms with Gasteiger partial charge in [-0.1, -0.05) is 0 Å². The third-order valence-corrected chi connectivity index (χ3v) is 5.32. The van der Waals surface area contributed by atoms with E-state index in [4.69, 9.17) is 5.11 Å². The number of rotatable bonds is 6. The fourth-order valence-electron chi connectivity index (χ4n) is 2.37. The van der Waals surface area contributed by atoms with Crippen LogP contribution in [0.5, 0.6) is 0 Å². The predicted molar refractivity (Wildman–Crippen MR) is 84.6 cm³/mol. The monoisotopic (exact) mass is 328 g/mol. The number of piperidine rings is 1. The van der Waals surface area contributed by atoms with Crippen molar-refractivity contribution in [3.8, 4) is 0 Å². The van der Waals surface area contributed by atoms with Gasteiger partial charge >= 0.3 is 5.97 Å². The molecule has 0 unspecified atom stereocenters. The van der Waals surface area contributed by atoms with Gasteiger partial charge in [-0.25, -0.2) is 4.98 Å². The Kier molecular flexibility index (Phi) is 6.05. The van der Waals surface area contributed by atoms with Crippen LogP contribution in [0.3, 0.4) is 0 Å². The number of thioether (sulfide) groups is 1. The molecule has 0 aromatic carbocycles. The third kappa shape index (κ3) is 5.00. The van der Waals surface area contributed by atoms with Crippen molar-refractivity contribution < 1.29 is 14.7 Å². The molecule has 1 aromatic heterocycles. The summed E-state index contributed by atoms with van der Waals surface area (Å²) in [6, 6.07) is 0. The number of hydrogen-bond acceptors (Lipinski definition) is 5. The number of hydrogen-bond donors (Lipinski definition) is 1. The number of carbonyl (C=O) groups is 2. The van der Waals surface area contributed by atoms with Gasteiger partial charge in [-0.2, -0.15) is 11.8 Å². The smallest absolute Gasteiger partial charge is 0.308 e. The Morgan fingerprint density at radius 2 is 2.38 bits per heavy atom. The maximum Gasteiger partial charge on any atom is 0.308 e. The number of carbonyl (C=O) groups excluding carboxylic acids is 1. The molecule has 2 rings (SSSR count). The lowest BCUT2D eigenvalue weighted by Gasteiger charge is -2.30. The van der Waals surface area contributed by atoms with E-state index in [-0.39, 0.29) is 5.91 Å². The van der Waals surface area contributed by atoms with Crippen LogP contribution < -0.4 is 0 Å². The second kappa shape index (κ2) is 7.79. The number of thiazole rings is 1. The molecular formula is C14H20N2O3S2. The quantitative estimate of drug-likeness (QED) is 0.812. The van der Waals surface area contributed by atoms with Crippen LogP contribution in [0.4, 0.5) is 0 Å². The van der Waals surface area contributed by atoms with Gasteiger partial charge in [-0.05, 0) is 19.8 Å². The van der Waals surface area contributed by atoms with Crippen LogP contribution in [0, 0.1) is 12.8 Å². The van der Waals surface area contributed by atoms with Crippen LogP contribution in [0.1, 0.15) is 30.0 Å². The standard InChI is InChI=1S/C14H20N2O3S2/c1-10-15-12(9-21-10)8-20-6-4-13(17)16-5-2-3-11(7-16)14(18)19/h9,11H,2-8H2,1H3,(H,18,19)/t11-/m0/s1. The number of likely N-dealkylation sites (tertiary alicyclic amines) is 1. The van der Waals surface area contributed by atoms with Gasteiger partial charge in [0.2, 0.25) is 5.91 Å². The molecule has 1 aromatic rings. The highest BCUT2D eigenvalue weighted by Crippen LogP contribution is 2.19. The molecule has 1 aliphatic heterocycles. The zero-order valence-electron chi connectivity index (χ0n) is 12.1. The van der Waals surface area contributed by atoms with E-state index in [1.165, 1.54) is 0 Å². The highest BCUT2D eigenvalue weighted by atomic mass is 32.2. The first kappa shape index (κ1) is 16.3. The molecule has 0 saturated carbocycles. The van der Waals surface area contributed by atoms with Crippen molar-refractivity contribution in [3.05, 3.63) is 16.1 Å². The lowest BCUT2D eigenvalue weighted by Crippen LogP contribution is -2.42. The maximum absolute atomic E-state index is 12.1. The molecule has 1 fully saturated rings. The van der Waals surface area contributed by atoms with Gasteiger partial charge in [-0.3, -0.25) is 9.59 Å². The highest BCUT2D eigenvalue weighted by Gasteiger charge is 2.27. The summed E-state index contributed by atoms with van der Waals surface area (Å²) in [4.78, 5) is 29.2. The Bertz CT molecular complexity index is 504. The topological polar surface area (TPSA) is 70.5 Å². The second-order valence-electron chi connectivity index (χ2n) is 5.18. The summed E-state index contributed by atoms with van der Waals surface area (Å²) in [6.07, 6.45) is 1.94. The van der Waals surface area contributed by atoms with Crippen LogP contribution in [0.25, 0.3) is 0 Å². The minimum atomic E-state index is -0.791. The summed E-state index contributed by atoms with van der Waals surface area (Å²) in [6.45, 7) is 3.04. The average molecular weight is 328 g/mol. The van der Waals surface area contributed by atoms with Crippen LogP contribution in [-0.2, 0) is 15.3 Å². The summed E-state index contributed by atoms with van der Waals surface area (Å²) >= 11 is 3.34. The van der Waals surface area contributed by atoms with Gasteiger partial charge < -0.3 is 10.0 Å². The van der Waals surface area contributed by atoms with Crippen molar-refractivity contribution in [2.45, 2.75) is 31.9 Å². The first-order chi connectivity index (χ1) is 10.1. The molecule has 1 saturated heterocycles. The molecule has 1 N–H and O–H groups in total. The molecule has 0 aliphatic carbocycles. The molecule has 0 bridgehead atoms. The SMILES string of the molecule is Cc1nc(CSCCC(=O)N2CCC[C@H](C(=O)O)C2)cs1. The van der Waals surface area contributed by atoms with Crippen molar-refractivity contribution in [3.63, 3.8) is 0 Å².